The Kier molecular flexibility index (Phi) is 6.26. The lowest BCUT2D eigenvalue weighted by Crippen LogP contribution is -2.40. The highest BCUT2D eigenvalue weighted by Crippen LogP contribution is 2.21. The van der Waals surface area contributed by atoms with Gasteiger partial charge in [0, 0.05) is 18.1 Å². The Hall–Kier alpha value is -1.33. The van der Waals surface area contributed by atoms with E-state index >= 15 is 0 Å². The quantitative estimate of drug-likeness (QED) is 0.821. The SMILES string of the molecule is O=C(CCCOc1ccc(Cl)cc1F)NC1CCCOC1. The van der Waals surface area contributed by atoms with Gasteiger partial charge in [-0.05, 0) is 37.5 Å². The summed E-state index contributed by atoms with van der Waals surface area (Å²) >= 11 is 5.65. The molecule has 1 aromatic carbocycles. The lowest BCUT2D eigenvalue weighted by atomic mass is 10.1. The maximum absolute atomic E-state index is 13.4. The smallest absolute Gasteiger partial charge is 0.220 e. The summed E-state index contributed by atoms with van der Waals surface area (Å²) in [6, 6.07) is 4.36. The van der Waals surface area contributed by atoms with E-state index in [2.05, 4.69) is 5.32 Å². The molecule has 1 aliphatic rings. The fourth-order valence-corrected chi connectivity index (χ4v) is 2.32. The molecule has 116 valence electrons. The molecule has 0 aromatic heterocycles. The van der Waals surface area contributed by atoms with Crippen LogP contribution in [0.25, 0.3) is 0 Å². The van der Waals surface area contributed by atoms with Gasteiger partial charge in [0.25, 0.3) is 0 Å². The minimum atomic E-state index is -0.494. The lowest BCUT2D eigenvalue weighted by molar-refractivity contribution is -0.122. The summed E-state index contributed by atoms with van der Waals surface area (Å²) in [6.07, 6.45) is 2.81. The van der Waals surface area contributed by atoms with Gasteiger partial charge in [0.2, 0.25) is 5.91 Å². The fourth-order valence-electron chi connectivity index (χ4n) is 2.16. The van der Waals surface area contributed by atoms with Gasteiger partial charge in [0.05, 0.1) is 19.3 Å². The zero-order valence-electron chi connectivity index (χ0n) is 11.7. The normalized spacial score (nSPS) is 18.3. The number of hydrogen-bond acceptors (Lipinski definition) is 3. The minimum Gasteiger partial charge on any atom is -0.491 e. The first-order chi connectivity index (χ1) is 10.1. The number of rotatable bonds is 6. The molecule has 21 heavy (non-hydrogen) atoms. The summed E-state index contributed by atoms with van der Waals surface area (Å²) in [4.78, 5) is 11.7. The van der Waals surface area contributed by atoms with Gasteiger partial charge in [-0.25, -0.2) is 4.39 Å². The Morgan fingerprint density at radius 2 is 2.38 bits per heavy atom. The van der Waals surface area contributed by atoms with E-state index in [1.807, 2.05) is 0 Å². The highest BCUT2D eigenvalue weighted by molar-refractivity contribution is 6.30. The number of amides is 1. The van der Waals surface area contributed by atoms with E-state index < -0.39 is 5.82 Å². The molecule has 6 heteroatoms. The Labute approximate surface area is 128 Å². The summed E-state index contributed by atoms with van der Waals surface area (Å²) < 4.78 is 24.0. The molecule has 1 N–H and O–H groups in total. The second-order valence-electron chi connectivity index (χ2n) is 5.01. The van der Waals surface area contributed by atoms with Gasteiger partial charge in [-0.2, -0.15) is 0 Å². The van der Waals surface area contributed by atoms with E-state index in [-0.39, 0.29) is 24.3 Å². The van der Waals surface area contributed by atoms with Crippen LogP contribution < -0.4 is 10.1 Å². The standard InChI is InChI=1S/C15H19ClFNO3/c16-11-5-6-14(13(17)9-11)21-8-2-4-15(19)18-12-3-1-7-20-10-12/h5-6,9,12H,1-4,7-8,10H2,(H,18,19). The maximum atomic E-state index is 13.4. The van der Waals surface area contributed by atoms with Crippen LogP contribution in [0.15, 0.2) is 18.2 Å². The summed E-state index contributed by atoms with van der Waals surface area (Å²) in [5.41, 5.74) is 0. The molecule has 1 unspecified atom stereocenters. The molecule has 1 aliphatic heterocycles. The first-order valence-corrected chi connectivity index (χ1v) is 7.48. The van der Waals surface area contributed by atoms with E-state index in [1.165, 1.54) is 12.1 Å². The van der Waals surface area contributed by atoms with Gasteiger partial charge in [-0.1, -0.05) is 11.6 Å². The molecular weight excluding hydrogens is 297 g/mol. The van der Waals surface area contributed by atoms with Gasteiger partial charge < -0.3 is 14.8 Å². The highest BCUT2D eigenvalue weighted by Gasteiger charge is 2.15. The second kappa shape index (κ2) is 8.20. The average molecular weight is 316 g/mol. The van der Waals surface area contributed by atoms with Crippen molar-refractivity contribution < 1.29 is 18.7 Å². The van der Waals surface area contributed by atoms with Crippen molar-refractivity contribution in [1.29, 1.82) is 0 Å². The van der Waals surface area contributed by atoms with Crippen LogP contribution in [0.4, 0.5) is 4.39 Å². The van der Waals surface area contributed by atoms with Crippen molar-refractivity contribution in [2.24, 2.45) is 0 Å². The van der Waals surface area contributed by atoms with Crippen LogP contribution in [0.5, 0.6) is 5.75 Å². The Balaban J connectivity index is 1.63. The van der Waals surface area contributed by atoms with E-state index in [0.29, 0.717) is 24.5 Å². The van der Waals surface area contributed by atoms with Crippen LogP contribution in [0.2, 0.25) is 5.02 Å². The first kappa shape index (κ1) is 16.0. The fraction of sp³-hybridized carbons (Fsp3) is 0.533. The van der Waals surface area contributed by atoms with Crippen LogP contribution in [-0.4, -0.2) is 31.8 Å². The molecular formula is C15H19ClFNO3. The van der Waals surface area contributed by atoms with Crippen molar-refractivity contribution in [3.63, 3.8) is 0 Å². The molecule has 1 amide bonds. The van der Waals surface area contributed by atoms with Gasteiger partial charge in [-0.3, -0.25) is 4.79 Å². The minimum absolute atomic E-state index is 0.0225. The largest absolute Gasteiger partial charge is 0.491 e. The van der Waals surface area contributed by atoms with Gasteiger partial charge >= 0.3 is 0 Å². The van der Waals surface area contributed by atoms with Crippen molar-refractivity contribution in [2.75, 3.05) is 19.8 Å². The Bertz CT molecular complexity index is 478. The molecule has 0 bridgehead atoms. The molecule has 0 spiro atoms. The van der Waals surface area contributed by atoms with Crippen LogP contribution in [0, 0.1) is 5.82 Å². The number of nitrogens with one attached hydrogen (secondary N) is 1. The Morgan fingerprint density at radius 3 is 3.10 bits per heavy atom. The number of hydrogen-bond donors (Lipinski definition) is 1. The number of benzene rings is 1. The zero-order chi connectivity index (χ0) is 15.1. The van der Waals surface area contributed by atoms with Gasteiger partial charge in [0.1, 0.15) is 0 Å². The van der Waals surface area contributed by atoms with E-state index in [1.54, 1.807) is 6.07 Å². The van der Waals surface area contributed by atoms with E-state index in [4.69, 9.17) is 21.1 Å². The number of halogens is 2. The lowest BCUT2D eigenvalue weighted by Gasteiger charge is -2.23. The van der Waals surface area contributed by atoms with E-state index in [0.717, 1.165) is 19.4 Å². The molecule has 0 aliphatic carbocycles. The third-order valence-electron chi connectivity index (χ3n) is 3.23. The van der Waals surface area contributed by atoms with Crippen molar-refractivity contribution >= 4 is 17.5 Å². The van der Waals surface area contributed by atoms with Crippen molar-refractivity contribution in [3.05, 3.63) is 29.0 Å². The maximum Gasteiger partial charge on any atom is 0.220 e. The molecule has 1 aromatic rings. The molecule has 1 heterocycles. The average Bonchev–Trinajstić information content (AvgIpc) is 2.46. The third-order valence-corrected chi connectivity index (χ3v) is 3.46. The molecule has 4 nitrogen and oxygen atoms in total. The summed E-state index contributed by atoms with van der Waals surface area (Å²) in [5.74, 6) is -0.363. The third kappa shape index (κ3) is 5.52. The Morgan fingerprint density at radius 1 is 1.52 bits per heavy atom. The molecule has 0 saturated carbocycles. The number of carbonyl (C=O) groups excluding carboxylic acids is 1. The molecule has 1 fully saturated rings. The van der Waals surface area contributed by atoms with Crippen LogP contribution in [0.3, 0.4) is 0 Å². The second-order valence-corrected chi connectivity index (χ2v) is 5.44. The van der Waals surface area contributed by atoms with Crippen molar-refractivity contribution in [3.8, 4) is 5.75 Å². The monoisotopic (exact) mass is 315 g/mol. The van der Waals surface area contributed by atoms with Crippen LogP contribution >= 0.6 is 11.6 Å². The van der Waals surface area contributed by atoms with E-state index in [9.17, 15) is 9.18 Å². The molecule has 1 atom stereocenters. The zero-order valence-corrected chi connectivity index (χ0v) is 12.5. The number of carbonyl (C=O) groups is 1. The molecule has 0 radical (unpaired) electrons. The van der Waals surface area contributed by atoms with Crippen LogP contribution in [0.1, 0.15) is 25.7 Å². The topological polar surface area (TPSA) is 47.6 Å². The molecule has 1 saturated heterocycles. The van der Waals surface area contributed by atoms with Crippen LogP contribution in [-0.2, 0) is 9.53 Å². The summed E-state index contributed by atoms with van der Waals surface area (Å²) in [7, 11) is 0. The summed E-state index contributed by atoms with van der Waals surface area (Å²) in [5, 5.41) is 3.25. The van der Waals surface area contributed by atoms with Crippen molar-refractivity contribution in [2.45, 2.75) is 31.7 Å². The predicted octanol–water partition coefficient (Wildman–Crippen LogP) is 2.93. The van der Waals surface area contributed by atoms with Gasteiger partial charge in [-0.15, -0.1) is 0 Å². The first-order valence-electron chi connectivity index (χ1n) is 7.10. The highest BCUT2D eigenvalue weighted by atomic mass is 35.5. The predicted molar refractivity (Wildman–Crippen MR) is 78.1 cm³/mol. The molecule has 2 rings (SSSR count). The van der Waals surface area contributed by atoms with Crippen molar-refractivity contribution in [1.82, 2.24) is 5.32 Å². The van der Waals surface area contributed by atoms with Gasteiger partial charge in [0.15, 0.2) is 11.6 Å². The number of ether oxygens (including phenoxy) is 2. The summed E-state index contributed by atoms with van der Waals surface area (Å²) in [6.45, 7) is 1.64.